The fraction of sp³-hybridized carbons (Fsp3) is 0.500. The maximum absolute atomic E-state index is 5.49. The van der Waals surface area contributed by atoms with Gasteiger partial charge in [-0.1, -0.05) is 22.0 Å². The van der Waals surface area contributed by atoms with Crippen molar-refractivity contribution >= 4 is 15.9 Å². The maximum Gasteiger partial charge on any atom is 0.126 e. The molecule has 0 aliphatic rings. The van der Waals surface area contributed by atoms with Crippen molar-refractivity contribution in [1.82, 2.24) is 0 Å². The van der Waals surface area contributed by atoms with Crippen molar-refractivity contribution in [2.45, 2.75) is 26.2 Å². The number of hydrogen-bond acceptors (Lipinski definition) is 2. The zero-order chi connectivity index (χ0) is 11.3. The Morgan fingerprint density at radius 1 is 1.33 bits per heavy atom. The van der Waals surface area contributed by atoms with E-state index in [1.807, 2.05) is 0 Å². The summed E-state index contributed by atoms with van der Waals surface area (Å²) in [7, 11) is 1.72. The van der Waals surface area contributed by atoms with E-state index in [1.165, 1.54) is 11.1 Å². The molecule has 0 fully saturated rings. The third kappa shape index (κ3) is 3.21. The van der Waals surface area contributed by atoms with Crippen LogP contribution in [0.5, 0.6) is 5.75 Å². The van der Waals surface area contributed by atoms with E-state index in [-0.39, 0.29) is 0 Å². The Hall–Kier alpha value is -0.540. The molecule has 0 saturated heterocycles. The lowest BCUT2D eigenvalue weighted by Crippen LogP contribution is -2.01. The van der Waals surface area contributed by atoms with Gasteiger partial charge in [0.1, 0.15) is 5.75 Å². The first-order valence-corrected chi connectivity index (χ1v) is 6.02. The molecule has 0 radical (unpaired) electrons. The van der Waals surface area contributed by atoms with E-state index >= 15 is 0 Å². The quantitative estimate of drug-likeness (QED) is 0.836. The number of methoxy groups -OCH3 is 1. The van der Waals surface area contributed by atoms with Crippen LogP contribution in [0.25, 0.3) is 0 Å². The number of unbranched alkanes of at least 4 members (excludes halogenated alkanes) is 1. The summed E-state index contributed by atoms with van der Waals surface area (Å²) in [5.41, 5.74) is 7.93. The highest BCUT2D eigenvalue weighted by atomic mass is 79.9. The molecule has 0 unspecified atom stereocenters. The predicted octanol–water partition coefficient (Wildman–Crippen LogP) is 3.05. The molecule has 0 bridgehead atoms. The van der Waals surface area contributed by atoms with Gasteiger partial charge in [0, 0.05) is 10.0 Å². The van der Waals surface area contributed by atoms with Crippen LogP contribution in [0.1, 0.15) is 24.0 Å². The van der Waals surface area contributed by atoms with Gasteiger partial charge in [-0.3, -0.25) is 0 Å². The van der Waals surface area contributed by atoms with E-state index in [9.17, 15) is 0 Å². The number of halogens is 1. The van der Waals surface area contributed by atoms with Crippen LogP contribution in [0.15, 0.2) is 16.6 Å². The standard InChI is InChI=1S/C12H18BrNO/c1-9-6-7-11(13)10(12(9)15-2)5-3-4-8-14/h6-7H,3-5,8,14H2,1-2H3. The Morgan fingerprint density at radius 3 is 2.67 bits per heavy atom. The van der Waals surface area contributed by atoms with Gasteiger partial charge in [0.15, 0.2) is 0 Å². The van der Waals surface area contributed by atoms with Crippen molar-refractivity contribution in [3.05, 3.63) is 27.7 Å². The zero-order valence-corrected chi connectivity index (χ0v) is 10.9. The van der Waals surface area contributed by atoms with Crippen molar-refractivity contribution in [2.24, 2.45) is 5.73 Å². The fourth-order valence-electron chi connectivity index (χ4n) is 1.68. The van der Waals surface area contributed by atoms with Crippen LogP contribution in [0.2, 0.25) is 0 Å². The molecule has 0 amide bonds. The largest absolute Gasteiger partial charge is 0.496 e. The molecule has 0 spiro atoms. The SMILES string of the molecule is COc1c(C)ccc(Br)c1CCCCN. The molecule has 84 valence electrons. The van der Waals surface area contributed by atoms with Crippen LogP contribution in [-0.4, -0.2) is 13.7 Å². The van der Waals surface area contributed by atoms with Crippen molar-refractivity contribution in [3.63, 3.8) is 0 Å². The van der Waals surface area contributed by atoms with E-state index in [2.05, 4.69) is 35.0 Å². The van der Waals surface area contributed by atoms with Gasteiger partial charge >= 0.3 is 0 Å². The minimum Gasteiger partial charge on any atom is -0.496 e. The van der Waals surface area contributed by atoms with Gasteiger partial charge in [0.2, 0.25) is 0 Å². The van der Waals surface area contributed by atoms with Crippen LogP contribution >= 0.6 is 15.9 Å². The average molecular weight is 272 g/mol. The van der Waals surface area contributed by atoms with Gasteiger partial charge in [0.25, 0.3) is 0 Å². The molecule has 15 heavy (non-hydrogen) atoms. The molecule has 0 aromatic heterocycles. The summed E-state index contributed by atoms with van der Waals surface area (Å²) < 4.78 is 6.55. The van der Waals surface area contributed by atoms with Crippen molar-refractivity contribution in [2.75, 3.05) is 13.7 Å². The van der Waals surface area contributed by atoms with Crippen molar-refractivity contribution < 1.29 is 4.74 Å². The van der Waals surface area contributed by atoms with E-state index in [0.717, 1.165) is 36.0 Å². The predicted molar refractivity (Wildman–Crippen MR) is 67.4 cm³/mol. The molecule has 0 aliphatic carbocycles. The summed E-state index contributed by atoms with van der Waals surface area (Å²) in [5.74, 6) is 1.00. The Balaban J connectivity index is 2.87. The number of aryl methyl sites for hydroxylation is 1. The van der Waals surface area contributed by atoms with Gasteiger partial charge < -0.3 is 10.5 Å². The number of nitrogens with two attached hydrogens (primary N) is 1. The Bertz CT molecular complexity index is 326. The molecule has 1 rings (SSSR count). The van der Waals surface area contributed by atoms with E-state index in [0.29, 0.717) is 0 Å². The summed E-state index contributed by atoms with van der Waals surface area (Å²) in [6.07, 6.45) is 3.18. The zero-order valence-electron chi connectivity index (χ0n) is 9.35. The molecule has 0 saturated carbocycles. The molecule has 1 aromatic carbocycles. The molecule has 0 aliphatic heterocycles. The lowest BCUT2D eigenvalue weighted by molar-refractivity contribution is 0.405. The smallest absolute Gasteiger partial charge is 0.126 e. The molecule has 2 nitrogen and oxygen atoms in total. The minimum absolute atomic E-state index is 0.756. The first-order valence-electron chi connectivity index (χ1n) is 5.22. The normalized spacial score (nSPS) is 10.4. The fourth-order valence-corrected chi connectivity index (χ4v) is 2.19. The third-order valence-corrected chi connectivity index (χ3v) is 3.23. The highest BCUT2D eigenvalue weighted by molar-refractivity contribution is 9.10. The van der Waals surface area contributed by atoms with Gasteiger partial charge in [-0.05, 0) is 44.4 Å². The Labute approximate surface area is 99.9 Å². The summed E-state index contributed by atoms with van der Waals surface area (Å²) >= 11 is 3.56. The summed E-state index contributed by atoms with van der Waals surface area (Å²) in [6, 6.07) is 4.14. The van der Waals surface area contributed by atoms with Crippen molar-refractivity contribution in [1.29, 1.82) is 0 Å². The van der Waals surface area contributed by atoms with Crippen molar-refractivity contribution in [3.8, 4) is 5.75 Å². The highest BCUT2D eigenvalue weighted by Gasteiger charge is 2.09. The molecule has 2 N–H and O–H groups in total. The van der Waals surface area contributed by atoms with Crippen LogP contribution in [0, 0.1) is 6.92 Å². The van der Waals surface area contributed by atoms with Crippen LogP contribution in [0.3, 0.4) is 0 Å². The third-order valence-electron chi connectivity index (χ3n) is 2.49. The van der Waals surface area contributed by atoms with Crippen LogP contribution < -0.4 is 10.5 Å². The lowest BCUT2D eigenvalue weighted by Gasteiger charge is -2.13. The molecule has 0 atom stereocenters. The van der Waals surface area contributed by atoms with E-state index < -0.39 is 0 Å². The van der Waals surface area contributed by atoms with E-state index in [4.69, 9.17) is 10.5 Å². The summed E-state index contributed by atoms with van der Waals surface area (Å²) in [4.78, 5) is 0. The first-order chi connectivity index (χ1) is 7.20. The molecular formula is C12H18BrNO. The Morgan fingerprint density at radius 2 is 2.07 bits per heavy atom. The van der Waals surface area contributed by atoms with E-state index in [1.54, 1.807) is 7.11 Å². The van der Waals surface area contributed by atoms with Gasteiger partial charge in [-0.25, -0.2) is 0 Å². The maximum atomic E-state index is 5.49. The van der Waals surface area contributed by atoms with Crippen LogP contribution in [0.4, 0.5) is 0 Å². The van der Waals surface area contributed by atoms with Crippen LogP contribution in [-0.2, 0) is 6.42 Å². The highest BCUT2D eigenvalue weighted by Crippen LogP contribution is 2.31. The molecular weight excluding hydrogens is 254 g/mol. The molecule has 1 aromatic rings. The monoisotopic (exact) mass is 271 g/mol. The number of hydrogen-bond donors (Lipinski definition) is 1. The number of benzene rings is 1. The van der Waals surface area contributed by atoms with Gasteiger partial charge in [-0.2, -0.15) is 0 Å². The molecule has 3 heteroatoms. The average Bonchev–Trinajstić information content (AvgIpc) is 2.23. The number of rotatable bonds is 5. The van der Waals surface area contributed by atoms with Gasteiger partial charge in [0.05, 0.1) is 7.11 Å². The summed E-state index contributed by atoms with van der Waals surface area (Å²) in [5, 5.41) is 0. The second-order valence-corrected chi connectivity index (χ2v) is 4.48. The second kappa shape index (κ2) is 6.13. The second-order valence-electron chi connectivity index (χ2n) is 3.62. The Kier molecular flexibility index (Phi) is 5.12. The lowest BCUT2D eigenvalue weighted by atomic mass is 10.0. The molecule has 0 heterocycles. The summed E-state index contributed by atoms with van der Waals surface area (Å²) in [6.45, 7) is 2.82. The minimum atomic E-state index is 0.756. The first kappa shape index (κ1) is 12.5. The van der Waals surface area contributed by atoms with Gasteiger partial charge in [-0.15, -0.1) is 0 Å². The topological polar surface area (TPSA) is 35.2 Å². The number of ether oxygens (including phenoxy) is 1.